The largest absolute Gasteiger partial charge is 0.496 e. The third-order valence-corrected chi connectivity index (χ3v) is 4.74. The van der Waals surface area contributed by atoms with Crippen molar-refractivity contribution in [2.75, 3.05) is 30.4 Å². The summed E-state index contributed by atoms with van der Waals surface area (Å²) in [5.41, 5.74) is 3.43. The quantitative estimate of drug-likeness (QED) is 0.830. The van der Waals surface area contributed by atoms with E-state index in [2.05, 4.69) is 38.3 Å². The van der Waals surface area contributed by atoms with Gasteiger partial charge in [-0.2, -0.15) is 0 Å². The third-order valence-electron chi connectivity index (χ3n) is 4.28. The fourth-order valence-electron chi connectivity index (χ4n) is 3.10. The summed E-state index contributed by atoms with van der Waals surface area (Å²) in [5, 5.41) is 2.95. The van der Waals surface area contributed by atoms with Crippen LogP contribution in [0, 0.1) is 6.92 Å². The number of anilines is 2. The fraction of sp³-hybridized carbons (Fsp3) is 0.316. The Morgan fingerprint density at radius 1 is 1.17 bits per heavy atom. The maximum absolute atomic E-state index is 12.6. The summed E-state index contributed by atoms with van der Waals surface area (Å²) in [7, 11) is 1.58. The Balaban J connectivity index is 1.77. The van der Waals surface area contributed by atoms with Crippen molar-refractivity contribution in [2.24, 2.45) is 0 Å². The normalized spacial score (nSPS) is 13.9. The minimum atomic E-state index is -0.176. The Labute approximate surface area is 150 Å². The number of methoxy groups -OCH3 is 1. The van der Waals surface area contributed by atoms with Gasteiger partial charge in [0.25, 0.3) is 5.91 Å². The molecule has 1 N–H and O–H groups in total. The number of hydrogen-bond acceptors (Lipinski definition) is 3. The Morgan fingerprint density at radius 3 is 2.46 bits per heavy atom. The summed E-state index contributed by atoms with van der Waals surface area (Å²) >= 11 is 3.44. The van der Waals surface area contributed by atoms with E-state index in [1.54, 1.807) is 13.2 Å². The van der Waals surface area contributed by atoms with Crippen molar-refractivity contribution in [3.63, 3.8) is 0 Å². The summed E-state index contributed by atoms with van der Waals surface area (Å²) < 4.78 is 6.25. The molecule has 0 unspecified atom stereocenters. The van der Waals surface area contributed by atoms with Gasteiger partial charge in [0.2, 0.25) is 0 Å². The molecule has 2 aromatic rings. The van der Waals surface area contributed by atoms with Crippen molar-refractivity contribution in [1.29, 1.82) is 0 Å². The predicted molar refractivity (Wildman–Crippen MR) is 101 cm³/mol. The average molecular weight is 389 g/mol. The van der Waals surface area contributed by atoms with Crippen LogP contribution in [0.25, 0.3) is 0 Å². The summed E-state index contributed by atoms with van der Waals surface area (Å²) in [5.74, 6) is 0.426. The molecule has 0 aliphatic carbocycles. The number of rotatable bonds is 4. The number of carbonyl (C=O) groups excluding carboxylic acids is 1. The average Bonchev–Trinajstić information content (AvgIpc) is 3.09. The molecule has 1 saturated heterocycles. The highest BCUT2D eigenvalue weighted by molar-refractivity contribution is 9.10. The van der Waals surface area contributed by atoms with Gasteiger partial charge in [-0.25, -0.2) is 0 Å². The molecule has 0 saturated carbocycles. The summed E-state index contributed by atoms with van der Waals surface area (Å²) in [6.07, 6.45) is 2.50. The molecule has 0 bridgehead atoms. The van der Waals surface area contributed by atoms with Crippen LogP contribution in [-0.4, -0.2) is 26.1 Å². The van der Waals surface area contributed by atoms with E-state index in [0.717, 1.165) is 28.8 Å². The molecule has 0 radical (unpaired) electrons. The van der Waals surface area contributed by atoms with Crippen molar-refractivity contribution in [2.45, 2.75) is 19.8 Å². The molecule has 2 aromatic carbocycles. The number of halogens is 1. The van der Waals surface area contributed by atoms with Gasteiger partial charge in [-0.15, -0.1) is 0 Å². The second kappa shape index (κ2) is 7.26. The molecule has 3 rings (SSSR count). The topological polar surface area (TPSA) is 41.6 Å². The minimum Gasteiger partial charge on any atom is -0.496 e. The Kier molecular flexibility index (Phi) is 5.09. The summed E-state index contributed by atoms with van der Waals surface area (Å²) in [4.78, 5) is 15.0. The maximum atomic E-state index is 12.6. The SMILES string of the molecule is COc1c(C)cc(Br)cc1C(=O)Nc1ccc(N2CCCC2)cc1. The highest BCUT2D eigenvalue weighted by atomic mass is 79.9. The van der Waals surface area contributed by atoms with Gasteiger partial charge in [0.15, 0.2) is 0 Å². The molecule has 5 heteroatoms. The number of hydrogen-bond donors (Lipinski definition) is 1. The second-order valence-corrected chi connectivity index (χ2v) is 6.91. The van der Waals surface area contributed by atoms with Gasteiger partial charge in [-0.3, -0.25) is 4.79 Å². The lowest BCUT2D eigenvalue weighted by atomic mass is 10.1. The zero-order valence-electron chi connectivity index (χ0n) is 13.9. The van der Waals surface area contributed by atoms with Crippen LogP contribution in [0.3, 0.4) is 0 Å². The smallest absolute Gasteiger partial charge is 0.259 e. The van der Waals surface area contributed by atoms with E-state index in [1.807, 2.05) is 25.1 Å². The second-order valence-electron chi connectivity index (χ2n) is 6.00. The van der Waals surface area contributed by atoms with E-state index in [1.165, 1.54) is 18.5 Å². The van der Waals surface area contributed by atoms with E-state index >= 15 is 0 Å². The van der Waals surface area contributed by atoms with Crippen molar-refractivity contribution in [1.82, 2.24) is 0 Å². The standard InChI is InChI=1S/C19H21BrN2O2/c1-13-11-14(20)12-17(18(13)24-2)19(23)21-15-5-7-16(8-6-15)22-9-3-4-10-22/h5-8,11-12H,3-4,9-10H2,1-2H3,(H,21,23). The van der Waals surface area contributed by atoms with Crippen LogP contribution in [0.15, 0.2) is 40.9 Å². The molecule has 126 valence electrons. The monoisotopic (exact) mass is 388 g/mol. The van der Waals surface area contributed by atoms with Crippen molar-refractivity contribution < 1.29 is 9.53 Å². The number of amides is 1. The number of nitrogens with one attached hydrogen (secondary N) is 1. The Bertz CT molecular complexity index is 738. The summed E-state index contributed by atoms with van der Waals surface area (Å²) in [6, 6.07) is 11.7. The molecular formula is C19H21BrN2O2. The molecule has 1 fully saturated rings. The number of aryl methyl sites for hydroxylation is 1. The van der Waals surface area contributed by atoms with E-state index < -0.39 is 0 Å². The number of benzene rings is 2. The van der Waals surface area contributed by atoms with E-state index in [4.69, 9.17) is 4.74 Å². The van der Waals surface area contributed by atoms with Gasteiger partial charge < -0.3 is 15.0 Å². The lowest BCUT2D eigenvalue weighted by Gasteiger charge is -2.18. The molecule has 1 heterocycles. The van der Waals surface area contributed by atoms with Crippen molar-refractivity contribution in [3.05, 3.63) is 52.0 Å². The maximum Gasteiger partial charge on any atom is 0.259 e. The first-order chi connectivity index (χ1) is 11.6. The lowest BCUT2D eigenvalue weighted by molar-refractivity contribution is 0.102. The van der Waals surface area contributed by atoms with Gasteiger partial charge >= 0.3 is 0 Å². The third kappa shape index (κ3) is 3.56. The lowest BCUT2D eigenvalue weighted by Crippen LogP contribution is -2.17. The van der Waals surface area contributed by atoms with Gasteiger partial charge in [-0.1, -0.05) is 15.9 Å². The van der Waals surface area contributed by atoms with Crippen LogP contribution in [0.4, 0.5) is 11.4 Å². The number of carbonyl (C=O) groups is 1. The molecule has 24 heavy (non-hydrogen) atoms. The van der Waals surface area contributed by atoms with E-state index in [-0.39, 0.29) is 5.91 Å². The van der Waals surface area contributed by atoms with Crippen LogP contribution in [0.1, 0.15) is 28.8 Å². The highest BCUT2D eigenvalue weighted by Gasteiger charge is 2.16. The molecular weight excluding hydrogens is 368 g/mol. The molecule has 1 amide bonds. The first kappa shape index (κ1) is 16.8. The van der Waals surface area contributed by atoms with Crippen molar-refractivity contribution in [3.8, 4) is 5.75 Å². The molecule has 0 aromatic heterocycles. The van der Waals surface area contributed by atoms with Crippen molar-refractivity contribution >= 4 is 33.2 Å². The molecule has 1 aliphatic heterocycles. The molecule has 1 aliphatic rings. The van der Waals surface area contributed by atoms with E-state index in [0.29, 0.717) is 11.3 Å². The zero-order chi connectivity index (χ0) is 17.1. The minimum absolute atomic E-state index is 0.176. The Morgan fingerprint density at radius 2 is 1.83 bits per heavy atom. The van der Waals surface area contributed by atoms with Crippen LogP contribution in [0.2, 0.25) is 0 Å². The highest BCUT2D eigenvalue weighted by Crippen LogP contribution is 2.29. The first-order valence-electron chi connectivity index (χ1n) is 8.09. The summed E-state index contributed by atoms with van der Waals surface area (Å²) in [6.45, 7) is 4.14. The van der Waals surface area contributed by atoms with Crippen LogP contribution in [-0.2, 0) is 0 Å². The van der Waals surface area contributed by atoms with Crippen LogP contribution >= 0.6 is 15.9 Å². The van der Waals surface area contributed by atoms with E-state index in [9.17, 15) is 4.79 Å². The number of nitrogens with zero attached hydrogens (tertiary/aromatic N) is 1. The molecule has 0 spiro atoms. The zero-order valence-corrected chi connectivity index (χ0v) is 15.5. The van der Waals surface area contributed by atoms with Crippen LogP contribution < -0.4 is 15.0 Å². The molecule has 4 nitrogen and oxygen atoms in total. The Hall–Kier alpha value is -2.01. The van der Waals surface area contributed by atoms with Crippen LogP contribution in [0.5, 0.6) is 5.75 Å². The van der Waals surface area contributed by atoms with Gasteiger partial charge in [0, 0.05) is 28.9 Å². The predicted octanol–water partition coefficient (Wildman–Crippen LogP) is 4.62. The van der Waals surface area contributed by atoms with Gasteiger partial charge in [-0.05, 0) is 61.7 Å². The molecule has 0 atom stereocenters. The van der Waals surface area contributed by atoms with Gasteiger partial charge in [0.05, 0.1) is 12.7 Å². The number of ether oxygens (including phenoxy) is 1. The van der Waals surface area contributed by atoms with Gasteiger partial charge in [0.1, 0.15) is 5.75 Å². The fourth-order valence-corrected chi connectivity index (χ4v) is 3.67. The first-order valence-corrected chi connectivity index (χ1v) is 8.88.